The molecule has 1 aromatic heterocycles. The van der Waals surface area contributed by atoms with Crippen LogP contribution in [-0.4, -0.2) is 11.7 Å². The summed E-state index contributed by atoms with van der Waals surface area (Å²) >= 11 is 0. The molecular weight excluding hydrogens is 208 g/mol. The van der Waals surface area contributed by atoms with Gasteiger partial charge in [0.15, 0.2) is 11.3 Å². The lowest BCUT2D eigenvalue weighted by molar-refractivity contribution is 0.335. The minimum Gasteiger partial charge on any atom is -0.502 e. The van der Waals surface area contributed by atoms with Crippen LogP contribution in [0, 0.1) is 0 Å². The average Bonchev–Trinajstić information content (AvgIpc) is 2.29. The van der Waals surface area contributed by atoms with Crippen molar-refractivity contribution in [1.82, 2.24) is 0 Å². The highest BCUT2D eigenvalue weighted by Crippen LogP contribution is 2.33. The van der Waals surface area contributed by atoms with Crippen LogP contribution in [-0.2, 0) is 0 Å². The van der Waals surface area contributed by atoms with E-state index in [1.807, 2.05) is 0 Å². The summed E-state index contributed by atoms with van der Waals surface area (Å²) in [7, 11) is 0. The second kappa shape index (κ2) is 4.10. The van der Waals surface area contributed by atoms with E-state index in [-0.39, 0.29) is 23.7 Å². The first-order chi connectivity index (χ1) is 7.72. The summed E-state index contributed by atoms with van der Waals surface area (Å²) in [4.78, 5) is 11.0. The zero-order valence-electron chi connectivity index (χ0n) is 8.47. The van der Waals surface area contributed by atoms with Crippen molar-refractivity contribution >= 4 is 11.0 Å². The van der Waals surface area contributed by atoms with Crippen molar-refractivity contribution in [2.45, 2.75) is 0 Å². The van der Waals surface area contributed by atoms with E-state index in [1.165, 1.54) is 6.07 Å². The fourth-order valence-electron chi connectivity index (χ4n) is 1.36. The van der Waals surface area contributed by atoms with E-state index in [0.29, 0.717) is 5.39 Å². The molecule has 4 heteroatoms. The Morgan fingerprint density at radius 2 is 2.12 bits per heavy atom. The Morgan fingerprint density at radius 3 is 2.88 bits per heavy atom. The van der Waals surface area contributed by atoms with Gasteiger partial charge >= 0.3 is 5.63 Å². The first-order valence-electron chi connectivity index (χ1n) is 4.72. The number of aromatic hydroxyl groups is 1. The normalized spacial score (nSPS) is 10.2. The van der Waals surface area contributed by atoms with Crippen LogP contribution in [0.25, 0.3) is 11.0 Å². The van der Waals surface area contributed by atoms with Crippen LogP contribution in [0.4, 0.5) is 0 Å². The second-order valence-electron chi connectivity index (χ2n) is 3.18. The molecule has 0 unspecified atom stereocenters. The van der Waals surface area contributed by atoms with E-state index in [9.17, 15) is 9.90 Å². The Labute approximate surface area is 91.4 Å². The van der Waals surface area contributed by atoms with Gasteiger partial charge < -0.3 is 14.3 Å². The number of phenols is 1. The van der Waals surface area contributed by atoms with E-state index in [2.05, 4.69) is 6.58 Å². The summed E-state index contributed by atoms with van der Waals surface area (Å²) < 4.78 is 10.1. The Morgan fingerprint density at radius 1 is 1.38 bits per heavy atom. The van der Waals surface area contributed by atoms with Gasteiger partial charge in [0, 0.05) is 11.5 Å². The van der Waals surface area contributed by atoms with Crippen LogP contribution < -0.4 is 10.4 Å². The molecule has 0 aliphatic carbocycles. The summed E-state index contributed by atoms with van der Waals surface area (Å²) in [5.41, 5.74) is -0.377. The van der Waals surface area contributed by atoms with Crippen LogP contribution in [0.3, 0.4) is 0 Å². The molecule has 2 rings (SSSR count). The molecule has 0 spiro atoms. The molecule has 0 saturated heterocycles. The molecule has 0 bridgehead atoms. The van der Waals surface area contributed by atoms with Crippen molar-refractivity contribution in [2.24, 2.45) is 0 Å². The molecular formula is C12H10O4. The molecule has 0 radical (unpaired) electrons. The van der Waals surface area contributed by atoms with Gasteiger partial charge in [0.25, 0.3) is 0 Å². The molecule has 1 aromatic carbocycles. The number of rotatable bonds is 3. The van der Waals surface area contributed by atoms with Crippen LogP contribution >= 0.6 is 0 Å². The van der Waals surface area contributed by atoms with Crippen LogP contribution in [0.2, 0.25) is 0 Å². The van der Waals surface area contributed by atoms with E-state index in [0.717, 1.165) is 0 Å². The highest BCUT2D eigenvalue weighted by atomic mass is 16.5. The van der Waals surface area contributed by atoms with E-state index < -0.39 is 5.63 Å². The third kappa shape index (κ3) is 1.77. The minimum absolute atomic E-state index is 0.133. The fourth-order valence-corrected chi connectivity index (χ4v) is 1.36. The zero-order chi connectivity index (χ0) is 11.5. The number of phenolic OH excluding ortho intramolecular Hbond substituents is 1. The van der Waals surface area contributed by atoms with E-state index in [4.69, 9.17) is 9.15 Å². The second-order valence-corrected chi connectivity index (χ2v) is 3.18. The van der Waals surface area contributed by atoms with E-state index >= 15 is 0 Å². The monoisotopic (exact) mass is 218 g/mol. The summed E-state index contributed by atoms with van der Waals surface area (Å²) in [6.07, 6.45) is 1.56. The van der Waals surface area contributed by atoms with Gasteiger partial charge in [-0.2, -0.15) is 0 Å². The quantitative estimate of drug-likeness (QED) is 0.632. The van der Waals surface area contributed by atoms with Crippen molar-refractivity contribution in [3.8, 4) is 11.5 Å². The van der Waals surface area contributed by atoms with E-state index in [1.54, 1.807) is 24.3 Å². The predicted octanol–water partition coefficient (Wildman–Crippen LogP) is 2.06. The topological polar surface area (TPSA) is 59.7 Å². The Kier molecular flexibility index (Phi) is 2.64. The van der Waals surface area contributed by atoms with Gasteiger partial charge in [0.1, 0.15) is 6.61 Å². The molecule has 16 heavy (non-hydrogen) atoms. The average molecular weight is 218 g/mol. The molecule has 0 fully saturated rings. The number of hydrogen-bond acceptors (Lipinski definition) is 4. The van der Waals surface area contributed by atoms with Crippen molar-refractivity contribution in [2.75, 3.05) is 6.61 Å². The Balaban J connectivity index is 2.58. The molecule has 1 heterocycles. The maximum atomic E-state index is 11.0. The van der Waals surface area contributed by atoms with Gasteiger partial charge in [0.2, 0.25) is 5.75 Å². The molecule has 4 nitrogen and oxygen atoms in total. The third-order valence-corrected chi connectivity index (χ3v) is 2.08. The summed E-state index contributed by atoms with van der Waals surface area (Å²) in [5.74, 6) is 0.0961. The molecule has 1 N–H and O–H groups in total. The first kappa shape index (κ1) is 10.3. The third-order valence-electron chi connectivity index (χ3n) is 2.08. The lowest BCUT2D eigenvalue weighted by Crippen LogP contribution is -1.97. The first-order valence-corrected chi connectivity index (χ1v) is 4.72. The largest absolute Gasteiger partial charge is 0.502 e. The number of ether oxygens (including phenoxy) is 1. The lowest BCUT2D eigenvalue weighted by Gasteiger charge is -2.06. The van der Waals surface area contributed by atoms with Crippen LogP contribution in [0.15, 0.2) is 46.1 Å². The van der Waals surface area contributed by atoms with Crippen molar-refractivity contribution in [3.05, 3.63) is 47.3 Å². The summed E-state index contributed by atoms with van der Waals surface area (Å²) in [6, 6.07) is 6.20. The number of benzene rings is 1. The minimum atomic E-state index is -0.510. The summed E-state index contributed by atoms with van der Waals surface area (Å²) in [6.45, 7) is 3.78. The van der Waals surface area contributed by atoms with Gasteiger partial charge in [0.05, 0.1) is 0 Å². The van der Waals surface area contributed by atoms with Crippen LogP contribution in [0.5, 0.6) is 11.5 Å². The molecule has 0 atom stereocenters. The number of fused-ring (bicyclic) bond motifs is 1. The standard InChI is InChI=1S/C12H10O4/c1-2-7-15-9-5-3-8-4-6-10(13)16-12(8)11(9)14/h2-6,14H,1,7H2. The lowest BCUT2D eigenvalue weighted by atomic mass is 10.2. The molecule has 0 aliphatic heterocycles. The van der Waals surface area contributed by atoms with Gasteiger partial charge in [-0.25, -0.2) is 4.79 Å². The van der Waals surface area contributed by atoms with Gasteiger partial charge in [-0.3, -0.25) is 0 Å². The zero-order valence-corrected chi connectivity index (χ0v) is 8.47. The van der Waals surface area contributed by atoms with Gasteiger partial charge in [-0.05, 0) is 18.2 Å². The smallest absolute Gasteiger partial charge is 0.336 e. The van der Waals surface area contributed by atoms with Crippen molar-refractivity contribution in [3.63, 3.8) is 0 Å². The van der Waals surface area contributed by atoms with Crippen molar-refractivity contribution < 1.29 is 14.3 Å². The maximum Gasteiger partial charge on any atom is 0.336 e. The molecule has 82 valence electrons. The number of hydrogen-bond donors (Lipinski definition) is 1. The summed E-state index contributed by atoms with van der Waals surface area (Å²) in [5, 5.41) is 10.5. The molecule has 2 aromatic rings. The molecule has 0 aliphatic rings. The predicted molar refractivity (Wildman–Crippen MR) is 59.8 cm³/mol. The highest BCUT2D eigenvalue weighted by Gasteiger charge is 2.09. The Hall–Kier alpha value is -2.23. The fraction of sp³-hybridized carbons (Fsp3) is 0.0833. The van der Waals surface area contributed by atoms with Crippen molar-refractivity contribution in [1.29, 1.82) is 0 Å². The highest BCUT2D eigenvalue weighted by molar-refractivity contribution is 5.84. The molecule has 0 amide bonds. The van der Waals surface area contributed by atoms with Gasteiger partial charge in [-0.15, -0.1) is 0 Å². The SMILES string of the molecule is C=CCOc1ccc2ccc(=O)oc2c1O. The van der Waals surface area contributed by atoms with Gasteiger partial charge in [-0.1, -0.05) is 12.7 Å². The molecule has 0 saturated carbocycles. The Bertz CT molecular complexity index is 583. The maximum absolute atomic E-state index is 11.0. The van der Waals surface area contributed by atoms with Crippen LogP contribution in [0.1, 0.15) is 0 Å².